The Balaban J connectivity index is 2.42. The summed E-state index contributed by atoms with van der Waals surface area (Å²) in [6.07, 6.45) is 3.73. The molecule has 1 rings (SSSR count). The third kappa shape index (κ3) is 3.71. The molecular weight excluding hydrogens is 226 g/mol. The van der Waals surface area contributed by atoms with E-state index in [1.807, 2.05) is 6.92 Å². The highest BCUT2D eigenvalue weighted by molar-refractivity contribution is 5.85. The van der Waals surface area contributed by atoms with Gasteiger partial charge in [-0.3, -0.25) is 4.79 Å². The first-order valence-corrected chi connectivity index (χ1v) is 7.00. The molecule has 1 N–H and O–H groups in total. The van der Waals surface area contributed by atoms with Crippen LogP contribution in [0.2, 0.25) is 0 Å². The van der Waals surface area contributed by atoms with Crippen LogP contribution in [0.4, 0.5) is 0 Å². The molecule has 1 atom stereocenters. The number of amides is 1. The number of nitrogens with zero attached hydrogens (tertiary/aromatic N) is 2. The highest BCUT2D eigenvalue weighted by Gasteiger charge is 2.33. The van der Waals surface area contributed by atoms with E-state index in [0.717, 1.165) is 32.5 Å². The van der Waals surface area contributed by atoms with Crippen LogP contribution in [0, 0.1) is 16.7 Å². The highest BCUT2D eigenvalue weighted by Crippen LogP contribution is 2.21. The maximum Gasteiger partial charge on any atom is 0.240 e. The van der Waals surface area contributed by atoms with Crippen molar-refractivity contribution in [1.29, 1.82) is 5.26 Å². The highest BCUT2D eigenvalue weighted by atomic mass is 16.2. The van der Waals surface area contributed by atoms with E-state index in [1.165, 1.54) is 6.42 Å². The van der Waals surface area contributed by atoms with Crippen LogP contribution in [0.25, 0.3) is 0 Å². The number of hydrogen-bond acceptors (Lipinski definition) is 3. The van der Waals surface area contributed by atoms with Crippen LogP contribution in [0.5, 0.6) is 0 Å². The summed E-state index contributed by atoms with van der Waals surface area (Å²) in [6.45, 7) is 9.03. The Kier molecular flexibility index (Phi) is 5.61. The lowest BCUT2D eigenvalue weighted by Crippen LogP contribution is -2.48. The van der Waals surface area contributed by atoms with Gasteiger partial charge in [0.25, 0.3) is 0 Å². The van der Waals surface area contributed by atoms with E-state index in [2.05, 4.69) is 23.2 Å². The van der Waals surface area contributed by atoms with Crippen molar-refractivity contribution in [3.8, 4) is 6.07 Å². The molecule has 1 saturated heterocycles. The molecule has 1 heterocycles. The third-order valence-corrected chi connectivity index (χ3v) is 3.92. The van der Waals surface area contributed by atoms with Gasteiger partial charge in [-0.25, -0.2) is 0 Å². The fraction of sp³-hybridized carbons (Fsp3) is 0.857. The van der Waals surface area contributed by atoms with E-state index in [-0.39, 0.29) is 11.9 Å². The lowest BCUT2D eigenvalue weighted by atomic mass is 9.87. The van der Waals surface area contributed by atoms with Gasteiger partial charge in [-0.05, 0) is 39.2 Å². The molecule has 0 aromatic heterocycles. The lowest BCUT2D eigenvalue weighted by molar-refractivity contribution is -0.128. The fourth-order valence-electron chi connectivity index (χ4n) is 2.25. The molecule has 0 radical (unpaired) electrons. The van der Waals surface area contributed by atoms with Crippen LogP contribution in [-0.2, 0) is 4.79 Å². The second kappa shape index (κ2) is 6.75. The topological polar surface area (TPSA) is 56.1 Å². The summed E-state index contributed by atoms with van der Waals surface area (Å²) in [6, 6.07) is 2.36. The van der Waals surface area contributed by atoms with E-state index in [9.17, 15) is 4.79 Å². The maximum absolute atomic E-state index is 12.1. The molecule has 0 saturated carbocycles. The molecule has 18 heavy (non-hydrogen) atoms. The predicted molar refractivity (Wildman–Crippen MR) is 71.9 cm³/mol. The van der Waals surface area contributed by atoms with E-state index in [0.29, 0.717) is 6.42 Å². The summed E-state index contributed by atoms with van der Waals surface area (Å²) in [5, 5.41) is 12.1. The fourth-order valence-corrected chi connectivity index (χ4v) is 2.25. The van der Waals surface area contributed by atoms with Gasteiger partial charge in [0.1, 0.15) is 5.41 Å². The Bertz CT molecular complexity index is 315. The maximum atomic E-state index is 12.1. The minimum Gasteiger partial charge on any atom is -0.352 e. The Labute approximate surface area is 110 Å². The predicted octanol–water partition coefficient (Wildman–Crippen LogP) is 1.92. The monoisotopic (exact) mass is 251 g/mol. The van der Waals surface area contributed by atoms with Gasteiger partial charge in [-0.15, -0.1) is 0 Å². The Morgan fingerprint density at radius 3 is 2.50 bits per heavy atom. The second-order valence-corrected chi connectivity index (χ2v) is 5.39. The van der Waals surface area contributed by atoms with Gasteiger partial charge in [0.15, 0.2) is 0 Å². The number of carbonyl (C=O) groups excluding carboxylic acids is 1. The largest absolute Gasteiger partial charge is 0.352 e. The zero-order valence-electron chi connectivity index (χ0n) is 11.8. The molecule has 1 unspecified atom stereocenters. The minimum absolute atomic E-state index is 0.110. The van der Waals surface area contributed by atoms with Crippen molar-refractivity contribution < 1.29 is 4.79 Å². The van der Waals surface area contributed by atoms with Gasteiger partial charge in [-0.1, -0.05) is 13.8 Å². The molecule has 1 aliphatic rings. The molecule has 102 valence electrons. The average Bonchev–Trinajstić information content (AvgIpc) is 2.40. The molecule has 1 amide bonds. The van der Waals surface area contributed by atoms with Crippen LogP contribution in [0.1, 0.15) is 46.5 Å². The molecule has 4 heteroatoms. The molecule has 0 aromatic rings. The van der Waals surface area contributed by atoms with Gasteiger partial charge in [0, 0.05) is 19.1 Å². The smallest absolute Gasteiger partial charge is 0.240 e. The molecular formula is C14H25N3O. The molecule has 0 bridgehead atoms. The molecule has 0 aliphatic carbocycles. The standard InChI is InChI=1S/C14H25N3O/c1-4-8-17-9-6-12(7-10-17)16-13(18)14(3,5-2)11-15/h12H,4-10H2,1-3H3,(H,16,18). The quantitative estimate of drug-likeness (QED) is 0.812. The number of rotatable bonds is 5. The number of nitrogens with one attached hydrogen (secondary N) is 1. The van der Waals surface area contributed by atoms with Crippen molar-refractivity contribution in [3.05, 3.63) is 0 Å². The summed E-state index contributed by atoms with van der Waals surface area (Å²) >= 11 is 0. The van der Waals surface area contributed by atoms with Gasteiger partial charge in [0.05, 0.1) is 6.07 Å². The molecule has 4 nitrogen and oxygen atoms in total. The minimum atomic E-state index is -0.874. The van der Waals surface area contributed by atoms with Gasteiger partial charge >= 0.3 is 0 Å². The third-order valence-electron chi connectivity index (χ3n) is 3.92. The van der Waals surface area contributed by atoms with Crippen molar-refractivity contribution in [1.82, 2.24) is 10.2 Å². The van der Waals surface area contributed by atoms with Crippen molar-refractivity contribution in [2.75, 3.05) is 19.6 Å². The average molecular weight is 251 g/mol. The van der Waals surface area contributed by atoms with Crippen molar-refractivity contribution in [2.24, 2.45) is 5.41 Å². The number of hydrogen-bond donors (Lipinski definition) is 1. The van der Waals surface area contributed by atoms with Gasteiger partial charge < -0.3 is 10.2 Å². The molecule has 1 aliphatic heterocycles. The first-order chi connectivity index (χ1) is 8.55. The summed E-state index contributed by atoms with van der Waals surface area (Å²) in [4.78, 5) is 14.5. The van der Waals surface area contributed by atoms with Crippen molar-refractivity contribution in [3.63, 3.8) is 0 Å². The van der Waals surface area contributed by atoms with Crippen LogP contribution >= 0.6 is 0 Å². The van der Waals surface area contributed by atoms with Gasteiger partial charge in [-0.2, -0.15) is 5.26 Å². The zero-order valence-corrected chi connectivity index (χ0v) is 11.8. The summed E-state index contributed by atoms with van der Waals surface area (Å²) < 4.78 is 0. The summed E-state index contributed by atoms with van der Waals surface area (Å²) in [5.74, 6) is -0.110. The number of piperidine rings is 1. The Morgan fingerprint density at radius 2 is 2.06 bits per heavy atom. The van der Waals surface area contributed by atoms with E-state index >= 15 is 0 Å². The lowest BCUT2D eigenvalue weighted by Gasteiger charge is -2.33. The SMILES string of the molecule is CCCN1CCC(NC(=O)C(C)(C#N)CC)CC1. The van der Waals surface area contributed by atoms with Crippen LogP contribution < -0.4 is 5.32 Å². The summed E-state index contributed by atoms with van der Waals surface area (Å²) in [7, 11) is 0. The molecule has 1 fully saturated rings. The Morgan fingerprint density at radius 1 is 1.44 bits per heavy atom. The van der Waals surface area contributed by atoms with Crippen LogP contribution in [-0.4, -0.2) is 36.5 Å². The van der Waals surface area contributed by atoms with Crippen LogP contribution in [0.3, 0.4) is 0 Å². The van der Waals surface area contributed by atoms with Crippen molar-refractivity contribution in [2.45, 2.75) is 52.5 Å². The number of carbonyl (C=O) groups is 1. The van der Waals surface area contributed by atoms with Crippen molar-refractivity contribution >= 4 is 5.91 Å². The Hall–Kier alpha value is -1.08. The van der Waals surface area contributed by atoms with Crippen LogP contribution in [0.15, 0.2) is 0 Å². The van der Waals surface area contributed by atoms with E-state index in [1.54, 1.807) is 6.92 Å². The molecule has 0 aromatic carbocycles. The zero-order chi connectivity index (χ0) is 13.6. The second-order valence-electron chi connectivity index (χ2n) is 5.39. The van der Waals surface area contributed by atoms with Gasteiger partial charge in [0.2, 0.25) is 5.91 Å². The summed E-state index contributed by atoms with van der Waals surface area (Å²) in [5.41, 5.74) is -0.874. The van der Waals surface area contributed by atoms with E-state index < -0.39 is 5.41 Å². The van der Waals surface area contributed by atoms with E-state index in [4.69, 9.17) is 5.26 Å². The number of likely N-dealkylation sites (tertiary alicyclic amines) is 1. The first kappa shape index (κ1) is 15.0. The molecule has 0 spiro atoms. The normalized spacial score (nSPS) is 21.0. The first-order valence-electron chi connectivity index (χ1n) is 7.00. The number of nitriles is 1.